The van der Waals surface area contributed by atoms with E-state index < -0.39 is 17.7 Å². The van der Waals surface area contributed by atoms with E-state index >= 15 is 0 Å². The van der Waals surface area contributed by atoms with E-state index in [1.54, 1.807) is 29.2 Å². The number of benzene rings is 2. The van der Waals surface area contributed by atoms with Gasteiger partial charge in [-0.05, 0) is 43.5 Å². The molecule has 1 unspecified atom stereocenters. The minimum absolute atomic E-state index is 0.0522. The Labute approximate surface area is 186 Å². The van der Waals surface area contributed by atoms with Gasteiger partial charge in [-0.3, -0.25) is 9.59 Å². The molecule has 2 amide bonds. The van der Waals surface area contributed by atoms with Crippen LogP contribution in [0.5, 0.6) is 11.5 Å². The molecule has 1 aliphatic rings. The lowest BCUT2D eigenvalue weighted by atomic mass is 10.1. The number of anilines is 1. The van der Waals surface area contributed by atoms with Gasteiger partial charge in [-0.1, -0.05) is 26.0 Å². The Morgan fingerprint density at radius 3 is 2.66 bits per heavy atom. The van der Waals surface area contributed by atoms with Crippen molar-refractivity contribution in [2.24, 2.45) is 0 Å². The first kappa shape index (κ1) is 23.5. The summed E-state index contributed by atoms with van der Waals surface area (Å²) in [4.78, 5) is 27.2. The number of nitrogens with zero attached hydrogens (tertiary/aromatic N) is 1. The van der Waals surface area contributed by atoms with Gasteiger partial charge in [0, 0.05) is 18.5 Å². The first-order valence-corrected chi connectivity index (χ1v) is 10.9. The lowest BCUT2D eigenvalue weighted by Gasteiger charge is -2.34. The fourth-order valence-corrected chi connectivity index (χ4v) is 3.53. The van der Waals surface area contributed by atoms with E-state index in [1.807, 2.05) is 13.8 Å². The van der Waals surface area contributed by atoms with Crippen LogP contribution in [0.1, 0.15) is 39.5 Å². The van der Waals surface area contributed by atoms with E-state index in [4.69, 9.17) is 9.47 Å². The van der Waals surface area contributed by atoms with Crippen LogP contribution in [0.25, 0.3) is 0 Å². The van der Waals surface area contributed by atoms with Gasteiger partial charge < -0.3 is 19.7 Å². The highest BCUT2D eigenvalue weighted by Crippen LogP contribution is 2.33. The van der Waals surface area contributed by atoms with Gasteiger partial charge in [0.25, 0.3) is 5.91 Å². The van der Waals surface area contributed by atoms with Crippen LogP contribution in [0.4, 0.5) is 14.5 Å². The molecule has 6 nitrogen and oxygen atoms in total. The van der Waals surface area contributed by atoms with Crippen LogP contribution < -0.4 is 19.7 Å². The minimum Gasteiger partial charge on any atom is -0.491 e. The third kappa shape index (κ3) is 5.75. The predicted octanol–water partition coefficient (Wildman–Crippen LogP) is 4.22. The van der Waals surface area contributed by atoms with Gasteiger partial charge >= 0.3 is 0 Å². The molecule has 1 N–H and O–H groups in total. The molecule has 1 aliphatic heterocycles. The summed E-state index contributed by atoms with van der Waals surface area (Å²) in [5.41, 5.74) is 0.606. The maximum Gasteiger partial charge on any atom is 0.263 e. The number of fused-ring (bicyclic) bond motifs is 1. The Kier molecular flexibility index (Phi) is 8.03. The summed E-state index contributed by atoms with van der Waals surface area (Å²) in [7, 11) is 0. The number of para-hydroxylation sites is 2. The van der Waals surface area contributed by atoms with Gasteiger partial charge in [0.2, 0.25) is 5.91 Å². The van der Waals surface area contributed by atoms with E-state index in [-0.39, 0.29) is 43.2 Å². The van der Waals surface area contributed by atoms with Crippen LogP contribution >= 0.6 is 0 Å². The number of ether oxygens (including phenoxy) is 2. The zero-order chi connectivity index (χ0) is 23.1. The molecule has 1 atom stereocenters. The molecule has 8 heteroatoms. The number of carbonyl (C=O) groups is 2. The highest BCUT2D eigenvalue weighted by atomic mass is 19.1. The molecule has 0 aromatic heterocycles. The van der Waals surface area contributed by atoms with Crippen molar-refractivity contribution in [1.82, 2.24) is 5.32 Å². The van der Waals surface area contributed by atoms with Crippen LogP contribution in [0.3, 0.4) is 0 Å². The zero-order valence-electron chi connectivity index (χ0n) is 18.3. The van der Waals surface area contributed by atoms with Crippen molar-refractivity contribution in [2.75, 3.05) is 18.1 Å². The summed E-state index contributed by atoms with van der Waals surface area (Å²) >= 11 is 0. The van der Waals surface area contributed by atoms with Crippen molar-refractivity contribution in [3.8, 4) is 11.5 Å². The molecule has 0 spiro atoms. The number of hydrogen-bond acceptors (Lipinski definition) is 4. The fourth-order valence-electron chi connectivity index (χ4n) is 3.53. The molecule has 0 saturated heterocycles. The Hall–Kier alpha value is -3.16. The van der Waals surface area contributed by atoms with Crippen LogP contribution in [0.2, 0.25) is 0 Å². The van der Waals surface area contributed by atoms with Crippen LogP contribution in [0.15, 0.2) is 42.5 Å². The molecule has 32 heavy (non-hydrogen) atoms. The average Bonchev–Trinajstić information content (AvgIpc) is 2.80. The summed E-state index contributed by atoms with van der Waals surface area (Å²) in [6.07, 6.45) is 1.28. The number of rotatable bonds is 9. The van der Waals surface area contributed by atoms with Crippen molar-refractivity contribution < 1.29 is 27.8 Å². The molecule has 2 aromatic carbocycles. The topological polar surface area (TPSA) is 67.9 Å². The molecule has 1 heterocycles. The van der Waals surface area contributed by atoms with E-state index in [0.29, 0.717) is 17.9 Å². The summed E-state index contributed by atoms with van der Waals surface area (Å²) in [6.45, 7) is 4.20. The van der Waals surface area contributed by atoms with Crippen molar-refractivity contribution in [2.45, 2.75) is 51.7 Å². The van der Waals surface area contributed by atoms with Crippen LogP contribution in [0, 0.1) is 11.6 Å². The number of carbonyl (C=O) groups excluding carboxylic acids is 2. The molecule has 0 fully saturated rings. The van der Waals surface area contributed by atoms with Crippen LogP contribution in [-0.4, -0.2) is 37.1 Å². The highest BCUT2D eigenvalue weighted by molar-refractivity contribution is 5.97. The normalized spacial score (nSPS) is 15.2. The zero-order valence-corrected chi connectivity index (χ0v) is 18.3. The first-order chi connectivity index (χ1) is 15.4. The van der Waals surface area contributed by atoms with E-state index in [0.717, 1.165) is 25.0 Å². The lowest BCUT2D eigenvalue weighted by molar-refractivity contribution is -0.129. The van der Waals surface area contributed by atoms with E-state index in [2.05, 4.69) is 5.32 Å². The third-order valence-corrected chi connectivity index (χ3v) is 5.39. The monoisotopic (exact) mass is 446 g/mol. The molecule has 3 rings (SSSR count). The maximum atomic E-state index is 13.7. The van der Waals surface area contributed by atoms with Gasteiger partial charge in [-0.15, -0.1) is 0 Å². The summed E-state index contributed by atoms with van der Waals surface area (Å²) in [5.74, 6) is -1.50. The maximum absolute atomic E-state index is 13.7. The second-order valence-corrected chi connectivity index (χ2v) is 7.63. The Morgan fingerprint density at radius 1 is 1.19 bits per heavy atom. The third-order valence-electron chi connectivity index (χ3n) is 5.39. The molecule has 0 aliphatic carbocycles. The molecule has 0 radical (unpaired) electrons. The molecule has 172 valence electrons. The smallest absolute Gasteiger partial charge is 0.263 e. The van der Waals surface area contributed by atoms with Crippen molar-refractivity contribution >= 4 is 17.5 Å². The van der Waals surface area contributed by atoms with Crippen molar-refractivity contribution in [3.05, 3.63) is 54.1 Å². The highest BCUT2D eigenvalue weighted by Gasteiger charge is 2.34. The second-order valence-electron chi connectivity index (χ2n) is 7.63. The van der Waals surface area contributed by atoms with Gasteiger partial charge in [0.15, 0.2) is 17.7 Å². The second kappa shape index (κ2) is 10.9. The summed E-state index contributed by atoms with van der Waals surface area (Å²) in [6, 6.07) is 10.2. The minimum atomic E-state index is -0.806. The quantitative estimate of drug-likeness (QED) is 0.586. The Morgan fingerprint density at radius 2 is 1.94 bits per heavy atom. The standard InChI is InChI=1S/C24H28F2N2O4/c1-3-17(4-2)27-24(30)22-15-28(19-8-5-6-9-21(19)32-22)23(29)10-7-13-31-20-12-11-16(25)14-18(20)26/h5-6,8-9,11-12,14,17,22H,3-4,7,10,13,15H2,1-2H3,(H,27,30). The Bertz CT molecular complexity index is 949. The predicted molar refractivity (Wildman–Crippen MR) is 117 cm³/mol. The van der Waals surface area contributed by atoms with Gasteiger partial charge in [-0.25, -0.2) is 8.78 Å². The fraction of sp³-hybridized carbons (Fsp3) is 0.417. The van der Waals surface area contributed by atoms with Crippen molar-refractivity contribution in [1.29, 1.82) is 0 Å². The van der Waals surface area contributed by atoms with Crippen molar-refractivity contribution in [3.63, 3.8) is 0 Å². The average molecular weight is 446 g/mol. The number of halogens is 2. The van der Waals surface area contributed by atoms with Gasteiger partial charge in [0.1, 0.15) is 11.6 Å². The number of hydrogen-bond donors (Lipinski definition) is 1. The Balaban J connectivity index is 1.61. The van der Waals surface area contributed by atoms with E-state index in [9.17, 15) is 18.4 Å². The SMILES string of the molecule is CCC(CC)NC(=O)C1CN(C(=O)CCCOc2ccc(F)cc2F)c2ccccc2O1. The van der Waals surface area contributed by atoms with Gasteiger partial charge in [0.05, 0.1) is 18.8 Å². The molecule has 2 aromatic rings. The van der Waals surface area contributed by atoms with Crippen LogP contribution in [-0.2, 0) is 9.59 Å². The molecule has 0 bridgehead atoms. The summed E-state index contributed by atoms with van der Waals surface area (Å²) in [5, 5.41) is 2.97. The number of amides is 2. The number of nitrogens with one attached hydrogen (secondary N) is 1. The summed E-state index contributed by atoms with van der Waals surface area (Å²) < 4.78 is 37.8. The largest absolute Gasteiger partial charge is 0.491 e. The first-order valence-electron chi connectivity index (χ1n) is 10.9. The van der Waals surface area contributed by atoms with E-state index in [1.165, 1.54) is 6.07 Å². The molecule has 0 saturated carbocycles. The van der Waals surface area contributed by atoms with Gasteiger partial charge in [-0.2, -0.15) is 0 Å². The molecular formula is C24H28F2N2O4. The lowest BCUT2D eigenvalue weighted by Crippen LogP contribution is -2.52. The molecular weight excluding hydrogens is 418 g/mol.